The zero-order valence-electron chi connectivity index (χ0n) is 25.3. The van der Waals surface area contributed by atoms with Crippen LogP contribution in [0.1, 0.15) is 105 Å². The highest BCUT2D eigenvalue weighted by atomic mass is 16.6. The number of primary amides is 1. The van der Waals surface area contributed by atoms with Gasteiger partial charge in [0.25, 0.3) is 0 Å². The average molecular weight is 563 g/mol. The molecule has 3 atom stereocenters. The Morgan fingerprint density at radius 2 is 1.73 bits per heavy atom. The molecule has 0 aliphatic rings. The molecule has 1 aromatic rings. The van der Waals surface area contributed by atoms with Crippen LogP contribution < -0.4 is 16.4 Å². The lowest BCUT2D eigenvalue weighted by Crippen LogP contribution is -2.55. The van der Waals surface area contributed by atoms with E-state index in [9.17, 15) is 24.3 Å². The summed E-state index contributed by atoms with van der Waals surface area (Å²) in [5, 5.41) is 15.8. The van der Waals surface area contributed by atoms with Crippen LogP contribution in [0.3, 0.4) is 0 Å². The van der Waals surface area contributed by atoms with E-state index in [-0.39, 0.29) is 18.6 Å². The Kier molecular flexibility index (Phi) is 14.5. The summed E-state index contributed by atoms with van der Waals surface area (Å²) in [5.41, 5.74) is 5.01. The van der Waals surface area contributed by atoms with Crippen molar-refractivity contribution in [3.8, 4) is 5.75 Å². The Balaban J connectivity index is 3.58. The van der Waals surface area contributed by atoms with E-state index in [0.717, 1.165) is 25.7 Å². The summed E-state index contributed by atoms with van der Waals surface area (Å²) < 4.78 is 5.38. The zero-order chi connectivity index (χ0) is 30.5. The van der Waals surface area contributed by atoms with Gasteiger partial charge in [-0.15, -0.1) is 0 Å². The summed E-state index contributed by atoms with van der Waals surface area (Å²) in [6.07, 6.45) is 3.07. The minimum Gasteiger partial charge on any atom is -0.508 e. The highest BCUT2D eigenvalue weighted by Crippen LogP contribution is 2.29. The Morgan fingerprint density at radius 1 is 1.05 bits per heavy atom. The first-order valence-corrected chi connectivity index (χ1v) is 14.3. The molecule has 0 heterocycles. The molecule has 3 unspecified atom stereocenters. The van der Waals surface area contributed by atoms with Crippen LogP contribution in [0.25, 0.3) is 0 Å². The van der Waals surface area contributed by atoms with Crippen LogP contribution in [0.4, 0.5) is 4.79 Å². The fourth-order valence-corrected chi connectivity index (χ4v) is 4.30. The van der Waals surface area contributed by atoms with Crippen molar-refractivity contribution in [2.24, 2.45) is 11.7 Å². The van der Waals surface area contributed by atoms with Crippen molar-refractivity contribution in [1.29, 1.82) is 0 Å². The Morgan fingerprint density at radius 3 is 2.27 bits per heavy atom. The lowest BCUT2D eigenvalue weighted by atomic mass is 9.96. The van der Waals surface area contributed by atoms with Gasteiger partial charge in [0.15, 0.2) is 0 Å². The van der Waals surface area contributed by atoms with E-state index in [1.807, 2.05) is 6.92 Å². The van der Waals surface area contributed by atoms with Crippen LogP contribution >= 0.6 is 0 Å². The number of ether oxygens (including phenoxy) is 1. The maximum atomic E-state index is 14.3. The number of phenolic OH excluding ortho intramolecular Hbond substituents is 1. The summed E-state index contributed by atoms with van der Waals surface area (Å²) in [7, 11) is 0. The van der Waals surface area contributed by atoms with E-state index in [1.54, 1.807) is 32.9 Å². The number of aromatic hydroxyl groups is 1. The largest absolute Gasteiger partial charge is 0.508 e. The lowest BCUT2D eigenvalue weighted by Gasteiger charge is -2.39. The van der Waals surface area contributed by atoms with Crippen molar-refractivity contribution < 1.29 is 29.0 Å². The molecule has 4 amide bonds. The summed E-state index contributed by atoms with van der Waals surface area (Å²) in [6.45, 7) is 13.6. The van der Waals surface area contributed by atoms with Gasteiger partial charge in [-0.2, -0.15) is 0 Å². The zero-order valence-corrected chi connectivity index (χ0v) is 25.3. The molecular weight excluding hydrogens is 512 g/mol. The molecule has 0 fully saturated rings. The number of unbranched alkanes of at least 4 members (excludes halogenated alkanes) is 2. The molecule has 0 radical (unpaired) electrons. The van der Waals surface area contributed by atoms with Gasteiger partial charge in [0, 0.05) is 19.0 Å². The third kappa shape index (κ3) is 12.7. The highest BCUT2D eigenvalue weighted by Gasteiger charge is 2.39. The smallest absolute Gasteiger partial charge is 0.408 e. The number of carbonyl (C=O) groups is 4. The summed E-state index contributed by atoms with van der Waals surface area (Å²) in [5.74, 6) is -1.24. The second-order valence-corrected chi connectivity index (χ2v) is 11.8. The molecule has 0 saturated heterocycles. The van der Waals surface area contributed by atoms with Crippen LogP contribution in [0, 0.1) is 5.92 Å². The van der Waals surface area contributed by atoms with Crippen molar-refractivity contribution in [2.45, 2.75) is 117 Å². The van der Waals surface area contributed by atoms with E-state index in [0.29, 0.717) is 24.4 Å². The quantitative estimate of drug-likeness (QED) is 0.217. The molecule has 226 valence electrons. The molecule has 1 rings (SSSR count). The van der Waals surface area contributed by atoms with Crippen molar-refractivity contribution >= 4 is 23.8 Å². The van der Waals surface area contributed by atoms with E-state index in [1.165, 1.54) is 17.0 Å². The first-order valence-electron chi connectivity index (χ1n) is 14.3. The molecule has 0 aromatic heterocycles. The Hall–Kier alpha value is -3.30. The first-order chi connectivity index (χ1) is 18.7. The molecule has 10 nitrogen and oxygen atoms in total. The fraction of sp³-hybridized carbons (Fsp3) is 0.667. The number of carbonyl (C=O) groups excluding carboxylic acids is 4. The number of alkyl carbamates (subject to hydrolysis) is 1. The minimum absolute atomic E-state index is 0.0410. The summed E-state index contributed by atoms with van der Waals surface area (Å²) >= 11 is 0. The van der Waals surface area contributed by atoms with Crippen molar-refractivity contribution in [2.75, 3.05) is 6.54 Å². The van der Waals surface area contributed by atoms with Crippen LogP contribution in [0.15, 0.2) is 24.3 Å². The van der Waals surface area contributed by atoms with Gasteiger partial charge in [-0.3, -0.25) is 14.4 Å². The molecule has 10 heteroatoms. The lowest BCUT2D eigenvalue weighted by molar-refractivity contribution is -0.145. The molecule has 40 heavy (non-hydrogen) atoms. The van der Waals surface area contributed by atoms with E-state index in [2.05, 4.69) is 31.4 Å². The molecular formula is C30H50N4O6. The van der Waals surface area contributed by atoms with Gasteiger partial charge in [-0.25, -0.2) is 4.79 Å². The molecule has 5 N–H and O–H groups in total. The number of nitrogens with one attached hydrogen (secondary N) is 2. The third-order valence-electron chi connectivity index (χ3n) is 6.35. The monoisotopic (exact) mass is 562 g/mol. The normalized spacial score (nSPS) is 13.7. The van der Waals surface area contributed by atoms with Crippen molar-refractivity contribution in [1.82, 2.24) is 15.5 Å². The van der Waals surface area contributed by atoms with Gasteiger partial charge >= 0.3 is 6.09 Å². The van der Waals surface area contributed by atoms with Gasteiger partial charge in [-0.05, 0) is 77.0 Å². The van der Waals surface area contributed by atoms with Gasteiger partial charge < -0.3 is 31.1 Å². The van der Waals surface area contributed by atoms with Crippen LogP contribution in [-0.4, -0.2) is 58.1 Å². The molecule has 0 aliphatic carbocycles. The maximum Gasteiger partial charge on any atom is 0.408 e. The third-order valence-corrected chi connectivity index (χ3v) is 6.35. The Labute approximate surface area is 239 Å². The topological polar surface area (TPSA) is 151 Å². The Bertz CT molecular complexity index is 975. The number of hydrogen-bond donors (Lipinski definition) is 4. The maximum absolute atomic E-state index is 14.3. The fourth-order valence-electron chi connectivity index (χ4n) is 4.30. The predicted molar refractivity (Wildman–Crippen MR) is 155 cm³/mol. The number of hydrogen-bond acceptors (Lipinski definition) is 6. The number of amides is 4. The second-order valence-electron chi connectivity index (χ2n) is 11.8. The van der Waals surface area contributed by atoms with Gasteiger partial charge in [0.05, 0.1) is 0 Å². The van der Waals surface area contributed by atoms with Crippen molar-refractivity contribution in [3.63, 3.8) is 0 Å². The average Bonchev–Trinajstić information content (AvgIpc) is 2.84. The van der Waals surface area contributed by atoms with E-state index >= 15 is 0 Å². The first kappa shape index (κ1) is 34.7. The number of phenols is 1. The van der Waals surface area contributed by atoms with Gasteiger partial charge in [0.1, 0.15) is 23.4 Å². The van der Waals surface area contributed by atoms with E-state index < -0.39 is 47.5 Å². The number of nitrogens with zero attached hydrogens (tertiary/aromatic N) is 1. The molecule has 0 spiro atoms. The van der Waals surface area contributed by atoms with E-state index in [4.69, 9.17) is 10.5 Å². The summed E-state index contributed by atoms with van der Waals surface area (Å²) in [4.78, 5) is 53.9. The molecule has 0 bridgehead atoms. The number of rotatable bonds is 16. The highest BCUT2D eigenvalue weighted by molar-refractivity contribution is 5.92. The van der Waals surface area contributed by atoms with Crippen LogP contribution in [0.2, 0.25) is 0 Å². The van der Waals surface area contributed by atoms with Crippen LogP contribution in [0.5, 0.6) is 5.75 Å². The summed E-state index contributed by atoms with van der Waals surface area (Å²) in [6, 6.07) is 3.59. The predicted octanol–water partition coefficient (Wildman–Crippen LogP) is 4.55. The SMILES string of the molecule is CCCCCNC(=O)C(c1cccc(O)c1)N(C(=O)C(CCC(N)=O)NC(=O)OC(C)(C)C)C(C)CCC(C)C. The second kappa shape index (κ2) is 16.7. The van der Waals surface area contributed by atoms with Crippen molar-refractivity contribution in [3.05, 3.63) is 29.8 Å². The molecule has 1 aromatic carbocycles. The molecule has 0 aliphatic heterocycles. The number of benzene rings is 1. The number of nitrogens with two attached hydrogens (primary N) is 1. The standard InChI is InChI=1S/C30H50N4O6/c1-8-9-10-18-32-27(37)26(22-12-11-13-23(35)19-22)34(21(4)15-14-20(2)3)28(38)24(16-17-25(31)36)33-29(39)40-30(5,6)7/h11-13,19-21,24,26,35H,8-10,14-18H2,1-7H3,(H2,31,36)(H,32,37)(H,33,39). The molecule has 0 saturated carbocycles. The van der Waals surface area contributed by atoms with Gasteiger partial charge in [0.2, 0.25) is 17.7 Å². The van der Waals surface area contributed by atoms with Crippen LogP contribution in [-0.2, 0) is 19.1 Å². The minimum atomic E-state index is -1.17. The van der Waals surface area contributed by atoms with Gasteiger partial charge in [-0.1, -0.05) is 45.7 Å².